The quantitative estimate of drug-likeness (QED) is 0.720. The summed E-state index contributed by atoms with van der Waals surface area (Å²) in [5.41, 5.74) is 1.88. The highest BCUT2D eigenvalue weighted by atomic mass is 16.4. The number of aromatic amines is 1. The maximum atomic E-state index is 12.5. The highest BCUT2D eigenvalue weighted by molar-refractivity contribution is 5.87. The van der Waals surface area contributed by atoms with Gasteiger partial charge in [-0.2, -0.15) is 0 Å². The van der Waals surface area contributed by atoms with Crippen LogP contribution in [0.1, 0.15) is 44.6 Å². The van der Waals surface area contributed by atoms with Gasteiger partial charge in [0.1, 0.15) is 6.04 Å². The van der Waals surface area contributed by atoms with E-state index in [9.17, 15) is 14.7 Å². The molecule has 1 aliphatic rings. The van der Waals surface area contributed by atoms with Crippen molar-refractivity contribution in [2.75, 3.05) is 0 Å². The summed E-state index contributed by atoms with van der Waals surface area (Å²) in [6, 6.07) is 6.88. The fourth-order valence-electron chi connectivity index (χ4n) is 3.89. The standard InChI is InChI=1S/C20H26N2O3/c1-13(10-14-6-2-3-7-14)19(23)22-18(20(24)25)11-15-12-21-17-9-5-4-8-16(15)17/h4-5,8-9,12-14,18,21H,2-3,6-7,10-11H2,1H3,(H,22,23)(H,24,25). The van der Waals surface area contributed by atoms with Crippen LogP contribution in [0.15, 0.2) is 30.5 Å². The van der Waals surface area contributed by atoms with E-state index in [1.165, 1.54) is 25.7 Å². The van der Waals surface area contributed by atoms with Crippen molar-refractivity contribution >= 4 is 22.8 Å². The van der Waals surface area contributed by atoms with Crippen molar-refractivity contribution in [3.05, 3.63) is 36.0 Å². The van der Waals surface area contributed by atoms with E-state index in [-0.39, 0.29) is 18.2 Å². The lowest BCUT2D eigenvalue weighted by Gasteiger charge is -2.20. The molecule has 5 nitrogen and oxygen atoms in total. The Balaban J connectivity index is 1.64. The molecule has 1 amide bonds. The Labute approximate surface area is 147 Å². The highest BCUT2D eigenvalue weighted by Gasteiger charge is 2.26. The second-order valence-corrected chi connectivity index (χ2v) is 7.25. The van der Waals surface area contributed by atoms with E-state index in [0.717, 1.165) is 22.9 Å². The fourth-order valence-corrected chi connectivity index (χ4v) is 3.89. The average Bonchev–Trinajstić information content (AvgIpc) is 3.24. The van der Waals surface area contributed by atoms with Crippen LogP contribution >= 0.6 is 0 Å². The van der Waals surface area contributed by atoms with Gasteiger partial charge in [0.05, 0.1) is 0 Å². The number of carboxylic acid groups (broad SMARTS) is 1. The maximum absolute atomic E-state index is 12.5. The SMILES string of the molecule is CC(CC1CCCC1)C(=O)NC(Cc1c[nH]c2ccccc12)C(=O)O. The molecule has 25 heavy (non-hydrogen) atoms. The van der Waals surface area contributed by atoms with Gasteiger partial charge in [0.25, 0.3) is 0 Å². The number of para-hydroxylation sites is 1. The molecule has 1 aromatic heterocycles. The summed E-state index contributed by atoms with van der Waals surface area (Å²) in [7, 11) is 0. The molecule has 1 aliphatic carbocycles. The van der Waals surface area contributed by atoms with Crippen molar-refractivity contribution < 1.29 is 14.7 Å². The normalized spacial score (nSPS) is 17.5. The zero-order chi connectivity index (χ0) is 17.8. The Morgan fingerprint density at radius 3 is 2.72 bits per heavy atom. The number of rotatable bonds is 7. The van der Waals surface area contributed by atoms with Gasteiger partial charge >= 0.3 is 5.97 Å². The first-order valence-corrected chi connectivity index (χ1v) is 9.12. The molecular weight excluding hydrogens is 316 g/mol. The molecule has 3 N–H and O–H groups in total. The molecule has 0 saturated heterocycles. The number of carbonyl (C=O) groups is 2. The monoisotopic (exact) mass is 342 g/mol. The molecular formula is C20H26N2O3. The summed E-state index contributed by atoms with van der Waals surface area (Å²) in [6.45, 7) is 1.90. The number of hydrogen-bond acceptors (Lipinski definition) is 2. The highest BCUT2D eigenvalue weighted by Crippen LogP contribution is 2.30. The Morgan fingerprint density at radius 2 is 2.00 bits per heavy atom. The number of carboxylic acids is 1. The smallest absolute Gasteiger partial charge is 0.326 e. The third-order valence-electron chi connectivity index (χ3n) is 5.32. The molecule has 0 spiro atoms. The molecule has 1 heterocycles. The van der Waals surface area contributed by atoms with Gasteiger partial charge in [-0.05, 0) is 24.0 Å². The number of aromatic nitrogens is 1. The first-order valence-electron chi connectivity index (χ1n) is 9.12. The van der Waals surface area contributed by atoms with Gasteiger partial charge in [-0.25, -0.2) is 4.79 Å². The largest absolute Gasteiger partial charge is 0.480 e. The van der Waals surface area contributed by atoms with Crippen molar-refractivity contribution in [2.45, 2.75) is 51.5 Å². The van der Waals surface area contributed by atoms with E-state index in [1.807, 2.05) is 37.4 Å². The maximum Gasteiger partial charge on any atom is 0.326 e. The molecule has 1 fully saturated rings. The number of amides is 1. The lowest BCUT2D eigenvalue weighted by atomic mass is 9.93. The number of aliphatic carboxylic acids is 1. The van der Waals surface area contributed by atoms with Gasteiger partial charge in [-0.3, -0.25) is 4.79 Å². The molecule has 0 bridgehead atoms. The van der Waals surface area contributed by atoms with E-state index in [4.69, 9.17) is 0 Å². The number of benzene rings is 1. The average molecular weight is 342 g/mol. The van der Waals surface area contributed by atoms with Gasteiger partial charge in [-0.15, -0.1) is 0 Å². The first-order chi connectivity index (χ1) is 12.0. The lowest BCUT2D eigenvalue weighted by Crippen LogP contribution is -2.44. The van der Waals surface area contributed by atoms with Crippen LogP contribution < -0.4 is 5.32 Å². The molecule has 0 radical (unpaired) electrons. The summed E-state index contributed by atoms with van der Waals surface area (Å²) >= 11 is 0. The van der Waals surface area contributed by atoms with Gasteiger partial charge in [-0.1, -0.05) is 50.8 Å². The fraction of sp³-hybridized carbons (Fsp3) is 0.500. The molecule has 134 valence electrons. The van der Waals surface area contributed by atoms with E-state index in [2.05, 4.69) is 10.3 Å². The van der Waals surface area contributed by atoms with Crippen LogP contribution in [0.25, 0.3) is 10.9 Å². The summed E-state index contributed by atoms with van der Waals surface area (Å²) in [4.78, 5) is 27.2. The number of fused-ring (bicyclic) bond motifs is 1. The van der Waals surface area contributed by atoms with Crippen LogP contribution in [0.2, 0.25) is 0 Å². The second kappa shape index (κ2) is 7.72. The van der Waals surface area contributed by atoms with E-state index in [0.29, 0.717) is 5.92 Å². The van der Waals surface area contributed by atoms with Crippen LogP contribution in [0.3, 0.4) is 0 Å². The third-order valence-corrected chi connectivity index (χ3v) is 5.32. The Bertz CT molecular complexity index is 746. The lowest BCUT2D eigenvalue weighted by molar-refractivity contribution is -0.142. The molecule has 5 heteroatoms. The van der Waals surface area contributed by atoms with Crippen molar-refractivity contribution in [3.63, 3.8) is 0 Å². The number of hydrogen-bond donors (Lipinski definition) is 3. The molecule has 0 aliphatic heterocycles. The van der Waals surface area contributed by atoms with Gasteiger partial charge in [0.15, 0.2) is 0 Å². The Kier molecular flexibility index (Phi) is 5.41. The third kappa shape index (κ3) is 4.21. The van der Waals surface area contributed by atoms with Crippen molar-refractivity contribution in [1.82, 2.24) is 10.3 Å². The topological polar surface area (TPSA) is 82.2 Å². The van der Waals surface area contributed by atoms with Crippen LogP contribution in [-0.2, 0) is 16.0 Å². The number of carbonyl (C=O) groups excluding carboxylic acids is 1. The van der Waals surface area contributed by atoms with Crippen molar-refractivity contribution in [1.29, 1.82) is 0 Å². The Morgan fingerprint density at radius 1 is 1.28 bits per heavy atom. The minimum Gasteiger partial charge on any atom is -0.480 e. The number of nitrogens with one attached hydrogen (secondary N) is 2. The predicted octanol–water partition coefficient (Wildman–Crippen LogP) is 3.50. The summed E-state index contributed by atoms with van der Waals surface area (Å²) in [5, 5.41) is 13.3. The minimum absolute atomic E-state index is 0.145. The minimum atomic E-state index is -0.994. The molecule has 3 rings (SSSR count). The zero-order valence-electron chi connectivity index (χ0n) is 14.6. The van der Waals surface area contributed by atoms with Crippen molar-refractivity contribution in [2.24, 2.45) is 11.8 Å². The predicted molar refractivity (Wildman–Crippen MR) is 97.3 cm³/mol. The number of H-pyrrole nitrogens is 1. The van der Waals surface area contributed by atoms with Gasteiger partial charge in [0, 0.05) is 29.4 Å². The van der Waals surface area contributed by atoms with Gasteiger partial charge < -0.3 is 15.4 Å². The first kappa shape index (κ1) is 17.5. The molecule has 1 aromatic carbocycles. The zero-order valence-corrected chi connectivity index (χ0v) is 14.6. The molecule has 2 unspecified atom stereocenters. The van der Waals surface area contributed by atoms with E-state index < -0.39 is 12.0 Å². The van der Waals surface area contributed by atoms with Crippen LogP contribution in [-0.4, -0.2) is 28.0 Å². The molecule has 2 atom stereocenters. The summed E-state index contributed by atoms with van der Waals surface area (Å²) in [5.74, 6) is -0.684. The summed E-state index contributed by atoms with van der Waals surface area (Å²) < 4.78 is 0. The van der Waals surface area contributed by atoms with Gasteiger partial charge in [0.2, 0.25) is 5.91 Å². The van der Waals surface area contributed by atoms with Crippen LogP contribution in [0.4, 0.5) is 0 Å². The van der Waals surface area contributed by atoms with Crippen LogP contribution in [0.5, 0.6) is 0 Å². The second-order valence-electron chi connectivity index (χ2n) is 7.25. The summed E-state index contributed by atoms with van der Waals surface area (Å²) in [6.07, 6.45) is 7.83. The van der Waals surface area contributed by atoms with E-state index in [1.54, 1.807) is 0 Å². The van der Waals surface area contributed by atoms with E-state index >= 15 is 0 Å². The molecule has 1 saturated carbocycles. The Hall–Kier alpha value is -2.30. The van der Waals surface area contributed by atoms with Crippen LogP contribution in [0, 0.1) is 11.8 Å². The molecule has 2 aromatic rings. The van der Waals surface area contributed by atoms with Crippen molar-refractivity contribution in [3.8, 4) is 0 Å².